The fraction of sp³-hybridized carbons (Fsp3) is 0.211. The maximum absolute atomic E-state index is 12.8. The molecule has 0 bridgehead atoms. The van der Waals surface area contributed by atoms with E-state index in [0.717, 1.165) is 15.9 Å². The number of nitrogens with zero attached hydrogens (tertiary/aromatic N) is 2. The van der Waals surface area contributed by atoms with Crippen molar-refractivity contribution in [3.63, 3.8) is 0 Å². The van der Waals surface area contributed by atoms with Crippen LogP contribution in [0.2, 0.25) is 0 Å². The zero-order chi connectivity index (χ0) is 18.3. The maximum atomic E-state index is 12.8. The Morgan fingerprint density at radius 1 is 1.19 bits per heavy atom. The number of rotatable bonds is 4. The standard InChI is InChI=1S/C19H17N3O2S2/c1-11(2)17(14-8-5-9-25-14)21-18(24)15-10-16(23)22-13-7-4-3-6-12(13)20-19(22)26-15/h3-11,17H,1-2H3,(H,21,24). The van der Waals surface area contributed by atoms with Gasteiger partial charge in [-0.25, -0.2) is 4.98 Å². The van der Waals surface area contributed by atoms with Crippen LogP contribution in [0.4, 0.5) is 0 Å². The van der Waals surface area contributed by atoms with E-state index in [1.165, 1.54) is 17.4 Å². The van der Waals surface area contributed by atoms with Crippen LogP contribution in [-0.4, -0.2) is 15.3 Å². The van der Waals surface area contributed by atoms with Crippen molar-refractivity contribution in [2.75, 3.05) is 0 Å². The summed E-state index contributed by atoms with van der Waals surface area (Å²) in [5.74, 6) is 0.000762. The van der Waals surface area contributed by atoms with Gasteiger partial charge in [-0.15, -0.1) is 11.3 Å². The zero-order valence-electron chi connectivity index (χ0n) is 14.3. The maximum Gasteiger partial charge on any atom is 0.262 e. The summed E-state index contributed by atoms with van der Waals surface area (Å²) in [6.07, 6.45) is 0. The molecule has 5 nitrogen and oxygen atoms in total. The van der Waals surface area contributed by atoms with Gasteiger partial charge in [-0.1, -0.05) is 43.4 Å². The van der Waals surface area contributed by atoms with Crippen molar-refractivity contribution in [3.8, 4) is 0 Å². The van der Waals surface area contributed by atoms with Crippen molar-refractivity contribution in [1.82, 2.24) is 14.7 Å². The Morgan fingerprint density at radius 2 is 2.00 bits per heavy atom. The molecule has 7 heteroatoms. The predicted molar refractivity (Wildman–Crippen MR) is 106 cm³/mol. The minimum Gasteiger partial charge on any atom is -0.343 e. The molecule has 3 aromatic heterocycles. The van der Waals surface area contributed by atoms with Crippen molar-refractivity contribution < 1.29 is 4.79 Å². The second-order valence-corrected chi connectivity index (χ2v) is 8.37. The molecule has 0 saturated carbocycles. The minimum atomic E-state index is -0.242. The van der Waals surface area contributed by atoms with E-state index < -0.39 is 0 Å². The third kappa shape index (κ3) is 2.93. The number of hydrogen-bond donors (Lipinski definition) is 1. The highest BCUT2D eigenvalue weighted by molar-refractivity contribution is 7.18. The van der Waals surface area contributed by atoms with Crippen LogP contribution in [0.15, 0.2) is 52.6 Å². The first-order chi connectivity index (χ1) is 12.5. The topological polar surface area (TPSA) is 63.5 Å². The molecule has 0 aliphatic carbocycles. The largest absolute Gasteiger partial charge is 0.343 e. The summed E-state index contributed by atoms with van der Waals surface area (Å²) in [5.41, 5.74) is 1.27. The van der Waals surface area contributed by atoms with Crippen LogP contribution in [0, 0.1) is 5.92 Å². The van der Waals surface area contributed by atoms with E-state index in [1.54, 1.807) is 15.7 Å². The van der Waals surface area contributed by atoms with Gasteiger partial charge in [0.05, 0.1) is 17.1 Å². The number of thiophene rings is 1. The van der Waals surface area contributed by atoms with Crippen LogP contribution in [-0.2, 0) is 0 Å². The molecule has 4 rings (SSSR count). The van der Waals surface area contributed by atoms with Gasteiger partial charge in [-0.3, -0.25) is 14.0 Å². The summed E-state index contributed by atoms with van der Waals surface area (Å²) in [6.45, 7) is 4.13. The van der Waals surface area contributed by atoms with Gasteiger partial charge in [0.15, 0.2) is 4.96 Å². The van der Waals surface area contributed by atoms with Gasteiger partial charge in [0.25, 0.3) is 11.5 Å². The summed E-state index contributed by atoms with van der Waals surface area (Å²) in [4.78, 5) is 31.9. The fourth-order valence-electron chi connectivity index (χ4n) is 2.95. The van der Waals surface area contributed by atoms with Gasteiger partial charge in [-0.05, 0) is 29.5 Å². The van der Waals surface area contributed by atoms with Crippen molar-refractivity contribution >= 4 is 44.6 Å². The van der Waals surface area contributed by atoms with E-state index in [-0.39, 0.29) is 23.4 Å². The third-order valence-corrected chi connectivity index (χ3v) is 6.17. The predicted octanol–water partition coefficient (Wildman–Crippen LogP) is 4.10. The summed E-state index contributed by atoms with van der Waals surface area (Å²) < 4.78 is 1.55. The monoisotopic (exact) mass is 383 g/mol. The lowest BCUT2D eigenvalue weighted by molar-refractivity contribution is 0.0930. The molecule has 0 aliphatic heterocycles. The van der Waals surface area contributed by atoms with Crippen molar-refractivity contribution in [1.29, 1.82) is 0 Å². The number of carbonyl (C=O) groups excluding carboxylic acids is 1. The third-order valence-electron chi connectivity index (χ3n) is 4.23. The van der Waals surface area contributed by atoms with Crippen molar-refractivity contribution in [2.45, 2.75) is 19.9 Å². The van der Waals surface area contributed by atoms with Crippen LogP contribution in [0.25, 0.3) is 16.0 Å². The number of fused-ring (bicyclic) bond motifs is 3. The van der Waals surface area contributed by atoms with E-state index in [9.17, 15) is 9.59 Å². The Balaban J connectivity index is 1.73. The molecule has 132 valence electrons. The first kappa shape index (κ1) is 16.9. The number of carbonyl (C=O) groups is 1. The zero-order valence-corrected chi connectivity index (χ0v) is 15.9. The van der Waals surface area contributed by atoms with Crippen LogP contribution < -0.4 is 10.9 Å². The van der Waals surface area contributed by atoms with E-state index >= 15 is 0 Å². The smallest absolute Gasteiger partial charge is 0.262 e. The molecule has 1 atom stereocenters. The SMILES string of the molecule is CC(C)C(NC(=O)c1cc(=O)n2c(nc3ccccc32)s1)c1cccs1. The van der Waals surface area contributed by atoms with E-state index in [4.69, 9.17) is 0 Å². The van der Waals surface area contributed by atoms with Gasteiger partial charge in [0.2, 0.25) is 0 Å². The highest BCUT2D eigenvalue weighted by Gasteiger charge is 2.21. The number of benzene rings is 1. The van der Waals surface area contributed by atoms with Gasteiger partial charge in [0.1, 0.15) is 4.88 Å². The molecule has 1 aromatic carbocycles. The second-order valence-electron chi connectivity index (χ2n) is 6.38. The number of imidazole rings is 1. The van der Waals surface area contributed by atoms with E-state index in [2.05, 4.69) is 24.1 Å². The number of hydrogen-bond acceptors (Lipinski definition) is 5. The minimum absolute atomic E-state index is 0.0835. The first-order valence-corrected chi connectivity index (χ1v) is 10.00. The molecule has 26 heavy (non-hydrogen) atoms. The van der Waals surface area contributed by atoms with Crippen molar-refractivity contribution in [2.24, 2.45) is 5.92 Å². The number of nitrogens with one attached hydrogen (secondary N) is 1. The molecule has 1 N–H and O–H groups in total. The van der Waals surface area contributed by atoms with E-state index in [1.807, 2.05) is 41.8 Å². The molecule has 3 heterocycles. The van der Waals surface area contributed by atoms with Gasteiger partial charge >= 0.3 is 0 Å². The molecule has 0 radical (unpaired) electrons. The van der Waals surface area contributed by atoms with Crippen LogP contribution >= 0.6 is 22.7 Å². The number of aromatic nitrogens is 2. The highest BCUT2D eigenvalue weighted by atomic mass is 32.1. The summed E-state index contributed by atoms with van der Waals surface area (Å²) >= 11 is 2.84. The van der Waals surface area contributed by atoms with E-state index in [0.29, 0.717) is 9.84 Å². The second kappa shape index (κ2) is 6.66. The fourth-order valence-corrected chi connectivity index (χ4v) is 4.83. The van der Waals surface area contributed by atoms with Crippen LogP contribution in [0.3, 0.4) is 0 Å². The quantitative estimate of drug-likeness (QED) is 0.577. The Labute approximate surface area is 157 Å². The lowest BCUT2D eigenvalue weighted by Crippen LogP contribution is -2.31. The highest BCUT2D eigenvalue weighted by Crippen LogP contribution is 2.27. The molecule has 1 amide bonds. The van der Waals surface area contributed by atoms with Gasteiger partial charge < -0.3 is 5.32 Å². The molecule has 0 saturated heterocycles. The Morgan fingerprint density at radius 3 is 2.73 bits per heavy atom. The average Bonchev–Trinajstić information content (AvgIpc) is 3.26. The molecule has 0 aliphatic rings. The number of amides is 1. The van der Waals surface area contributed by atoms with Crippen LogP contribution in [0.1, 0.15) is 34.4 Å². The molecule has 1 unspecified atom stereocenters. The molecule has 0 fully saturated rings. The Kier molecular flexibility index (Phi) is 4.34. The first-order valence-electron chi connectivity index (χ1n) is 8.30. The lowest BCUT2D eigenvalue weighted by Gasteiger charge is -2.21. The Bertz CT molecular complexity index is 1140. The van der Waals surface area contributed by atoms with Gasteiger partial charge in [0, 0.05) is 10.9 Å². The molecule has 4 aromatic rings. The summed E-state index contributed by atoms with van der Waals surface area (Å²) in [7, 11) is 0. The van der Waals surface area contributed by atoms with Gasteiger partial charge in [-0.2, -0.15) is 0 Å². The summed E-state index contributed by atoms with van der Waals surface area (Å²) in [6, 6.07) is 12.8. The molecular weight excluding hydrogens is 366 g/mol. The molecular formula is C19H17N3O2S2. The van der Waals surface area contributed by atoms with Crippen molar-refractivity contribution in [3.05, 3.63) is 68.0 Å². The molecule has 0 spiro atoms. The average molecular weight is 383 g/mol. The lowest BCUT2D eigenvalue weighted by atomic mass is 10.0. The number of para-hydroxylation sites is 2. The van der Waals surface area contributed by atoms with Crippen LogP contribution in [0.5, 0.6) is 0 Å². The normalized spacial score (nSPS) is 12.7. The summed E-state index contributed by atoms with van der Waals surface area (Å²) in [5, 5.41) is 5.06. The Hall–Kier alpha value is -2.51.